The molecule has 0 radical (unpaired) electrons. The van der Waals surface area contributed by atoms with E-state index in [2.05, 4.69) is 5.32 Å². The number of hydrogen-bond acceptors (Lipinski definition) is 10. The Hall–Kier alpha value is -2.30. The third kappa shape index (κ3) is 8.87. The van der Waals surface area contributed by atoms with Gasteiger partial charge in [-0.2, -0.15) is 0 Å². The molecule has 0 aromatic rings. The molecule has 0 spiro atoms. The number of amides is 1. The van der Waals surface area contributed by atoms with Gasteiger partial charge in [-0.15, -0.1) is 11.8 Å². The van der Waals surface area contributed by atoms with E-state index < -0.39 is 52.8 Å². The number of ether oxygens (including phenoxy) is 4. The van der Waals surface area contributed by atoms with Crippen LogP contribution in [0.1, 0.15) is 66.2 Å². The first-order valence-electron chi connectivity index (χ1n) is 11.2. The molecule has 33 heavy (non-hydrogen) atoms. The molecule has 1 saturated carbocycles. The lowest BCUT2D eigenvalue weighted by molar-refractivity contribution is -0.175. The summed E-state index contributed by atoms with van der Waals surface area (Å²) in [6, 6.07) is -0.961. The van der Waals surface area contributed by atoms with Crippen molar-refractivity contribution in [3.63, 3.8) is 0 Å². The Balaban J connectivity index is 2.31. The van der Waals surface area contributed by atoms with Crippen molar-refractivity contribution >= 4 is 41.5 Å². The zero-order valence-electron chi connectivity index (χ0n) is 19.5. The number of nitrogens with one attached hydrogen (secondary N) is 1. The van der Waals surface area contributed by atoms with Gasteiger partial charge in [0.25, 0.3) is 0 Å². The molecule has 1 aliphatic heterocycles. The highest BCUT2D eigenvalue weighted by atomic mass is 32.2. The minimum atomic E-state index is -1.15. The Morgan fingerprint density at radius 2 is 1.36 bits per heavy atom. The Kier molecular flexibility index (Phi) is 10.5. The average molecular weight is 488 g/mol. The van der Waals surface area contributed by atoms with E-state index in [0.29, 0.717) is 6.42 Å². The van der Waals surface area contributed by atoms with Crippen LogP contribution in [0, 0.1) is 5.92 Å². The average Bonchev–Trinajstić information content (AvgIpc) is 2.70. The smallest absolute Gasteiger partial charge is 0.303 e. The van der Waals surface area contributed by atoms with Crippen molar-refractivity contribution in [1.82, 2.24) is 5.32 Å². The van der Waals surface area contributed by atoms with Crippen molar-refractivity contribution in [2.45, 2.75) is 95.2 Å². The largest absolute Gasteiger partial charge is 0.465 e. The Labute approximate surface area is 197 Å². The van der Waals surface area contributed by atoms with Crippen molar-refractivity contribution in [2.24, 2.45) is 5.92 Å². The summed E-state index contributed by atoms with van der Waals surface area (Å²) in [6.45, 7) is 4.68. The molecule has 2 fully saturated rings. The molecule has 2 rings (SSSR count). The van der Waals surface area contributed by atoms with Gasteiger partial charge in [-0.05, 0) is 18.8 Å². The van der Waals surface area contributed by atoms with Crippen LogP contribution in [0.15, 0.2) is 0 Å². The topological polar surface area (TPSA) is 134 Å². The second kappa shape index (κ2) is 12.8. The van der Waals surface area contributed by atoms with Crippen molar-refractivity contribution in [2.75, 3.05) is 6.61 Å². The number of hydrogen-bond donors (Lipinski definition) is 1. The fourth-order valence-corrected chi connectivity index (χ4v) is 5.66. The van der Waals surface area contributed by atoms with E-state index in [9.17, 15) is 24.0 Å². The molecule has 5 unspecified atom stereocenters. The second-order valence-electron chi connectivity index (χ2n) is 8.40. The summed E-state index contributed by atoms with van der Waals surface area (Å²) in [7, 11) is 0. The number of thioether (sulfide) groups is 1. The molecule has 0 aromatic carbocycles. The standard InChI is InChI=1S/C22H33NO9S/c1-12(24)29-11-17-20(30-13(2)25)21(31-14(3)26)19(22(33-17)32-15(4)27)23-18(28)10-16-8-6-5-7-9-16/h16-17,19-22H,5-11H2,1-4H3,(H,23,28). The van der Waals surface area contributed by atoms with Crippen LogP contribution in [0.3, 0.4) is 0 Å². The summed E-state index contributed by atoms with van der Waals surface area (Å²) < 4.78 is 21.5. The molecule has 1 heterocycles. The van der Waals surface area contributed by atoms with Gasteiger partial charge in [0.05, 0.1) is 5.25 Å². The summed E-state index contributed by atoms with van der Waals surface area (Å²) in [5.74, 6) is -2.45. The van der Waals surface area contributed by atoms with Crippen molar-refractivity contribution < 1.29 is 42.9 Å². The van der Waals surface area contributed by atoms with Crippen LogP contribution in [0.25, 0.3) is 0 Å². The predicted molar refractivity (Wildman–Crippen MR) is 118 cm³/mol. The van der Waals surface area contributed by atoms with Crippen molar-refractivity contribution in [1.29, 1.82) is 0 Å². The first kappa shape index (κ1) is 26.9. The van der Waals surface area contributed by atoms with E-state index in [4.69, 9.17) is 18.9 Å². The maximum Gasteiger partial charge on any atom is 0.303 e. The Morgan fingerprint density at radius 3 is 1.91 bits per heavy atom. The maximum absolute atomic E-state index is 12.9. The summed E-state index contributed by atoms with van der Waals surface area (Å²) in [5, 5.41) is 2.16. The lowest BCUT2D eigenvalue weighted by Gasteiger charge is -2.44. The molecule has 1 amide bonds. The van der Waals surface area contributed by atoms with E-state index in [-0.39, 0.29) is 18.4 Å². The van der Waals surface area contributed by atoms with Crippen molar-refractivity contribution in [3.8, 4) is 0 Å². The van der Waals surface area contributed by atoms with Crippen LogP contribution >= 0.6 is 11.8 Å². The van der Waals surface area contributed by atoms with E-state index in [1.54, 1.807) is 0 Å². The Bertz CT molecular complexity index is 737. The molecule has 1 aliphatic carbocycles. The summed E-state index contributed by atoms with van der Waals surface area (Å²) in [4.78, 5) is 59.8. The highest BCUT2D eigenvalue weighted by Gasteiger charge is 2.51. The number of carbonyl (C=O) groups excluding carboxylic acids is 5. The quantitative estimate of drug-likeness (QED) is 0.399. The Morgan fingerprint density at radius 1 is 0.788 bits per heavy atom. The number of carbonyl (C=O) groups is 5. The predicted octanol–water partition coefficient (Wildman–Crippen LogP) is 1.87. The molecular formula is C22H33NO9S. The zero-order chi connectivity index (χ0) is 24.5. The fourth-order valence-electron chi connectivity index (χ4n) is 4.22. The minimum absolute atomic E-state index is 0.170. The van der Waals surface area contributed by atoms with Gasteiger partial charge in [-0.3, -0.25) is 24.0 Å². The summed E-state index contributed by atoms with van der Waals surface area (Å²) in [6.07, 6.45) is 3.37. The fraction of sp³-hybridized carbons (Fsp3) is 0.773. The van der Waals surface area contributed by atoms with Crippen LogP contribution in [-0.4, -0.2) is 65.3 Å². The molecule has 11 heteroatoms. The van der Waals surface area contributed by atoms with Gasteiger partial charge in [0.15, 0.2) is 17.6 Å². The van der Waals surface area contributed by atoms with Gasteiger partial charge in [-0.25, -0.2) is 0 Å². The molecule has 1 N–H and O–H groups in total. The van der Waals surface area contributed by atoms with Crippen LogP contribution < -0.4 is 5.32 Å². The van der Waals surface area contributed by atoms with E-state index >= 15 is 0 Å². The van der Waals surface area contributed by atoms with Gasteiger partial charge in [0, 0.05) is 34.1 Å². The lowest BCUT2D eigenvalue weighted by Crippen LogP contribution is -2.63. The molecular weight excluding hydrogens is 454 g/mol. The third-order valence-corrected chi connectivity index (χ3v) is 6.92. The van der Waals surface area contributed by atoms with E-state index in [1.807, 2.05) is 0 Å². The normalized spacial score (nSPS) is 27.7. The monoisotopic (exact) mass is 487 g/mol. The minimum Gasteiger partial charge on any atom is -0.465 e. The van der Waals surface area contributed by atoms with Crippen LogP contribution in [0.2, 0.25) is 0 Å². The molecule has 0 bridgehead atoms. The number of rotatable bonds is 8. The van der Waals surface area contributed by atoms with Gasteiger partial charge in [0.1, 0.15) is 12.6 Å². The molecule has 5 atom stereocenters. The second-order valence-corrected chi connectivity index (χ2v) is 9.75. The molecule has 10 nitrogen and oxygen atoms in total. The van der Waals surface area contributed by atoms with Crippen molar-refractivity contribution in [3.05, 3.63) is 0 Å². The highest BCUT2D eigenvalue weighted by molar-refractivity contribution is 8.00. The van der Waals surface area contributed by atoms with Crippen LogP contribution in [-0.2, 0) is 42.9 Å². The van der Waals surface area contributed by atoms with E-state index in [0.717, 1.165) is 43.9 Å². The lowest BCUT2D eigenvalue weighted by atomic mass is 9.86. The summed E-state index contributed by atoms with van der Waals surface area (Å²) in [5.41, 5.74) is -0.950. The van der Waals surface area contributed by atoms with E-state index in [1.165, 1.54) is 27.7 Å². The molecule has 2 aliphatic rings. The third-order valence-electron chi connectivity index (χ3n) is 5.51. The molecule has 0 aromatic heterocycles. The molecule has 186 valence electrons. The van der Waals surface area contributed by atoms with Gasteiger partial charge in [-0.1, -0.05) is 19.3 Å². The first-order valence-corrected chi connectivity index (χ1v) is 12.1. The van der Waals surface area contributed by atoms with Crippen LogP contribution in [0.4, 0.5) is 0 Å². The SMILES string of the molecule is CC(=O)OCC1SC(OC(C)=O)C(NC(=O)CC2CCCCC2)C(OC(C)=O)C1OC(C)=O. The van der Waals surface area contributed by atoms with Gasteiger partial charge in [0.2, 0.25) is 5.91 Å². The highest BCUT2D eigenvalue weighted by Crippen LogP contribution is 2.37. The van der Waals surface area contributed by atoms with Crippen LogP contribution in [0.5, 0.6) is 0 Å². The van der Waals surface area contributed by atoms with Gasteiger partial charge >= 0.3 is 23.9 Å². The van der Waals surface area contributed by atoms with Gasteiger partial charge < -0.3 is 24.3 Å². The molecule has 1 saturated heterocycles. The summed E-state index contributed by atoms with van der Waals surface area (Å²) >= 11 is 1.08. The first-order chi connectivity index (χ1) is 15.6. The number of esters is 4. The maximum atomic E-state index is 12.9. The zero-order valence-corrected chi connectivity index (χ0v) is 20.3.